The Bertz CT molecular complexity index is 1010. The smallest absolute Gasteiger partial charge is 0.243 e. The van der Waals surface area contributed by atoms with Crippen LogP contribution in [0, 0.1) is 6.92 Å². The van der Waals surface area contributed by atoms with Gasteiger partial charge in [0.15, 0.2) is 10.2 Å². The zero-order valence-corrected chi connectivity index (χ0v) is 15.5. The van der Waals surface area contributed by atoms with Crippen LogP contribution in [-0.4, -0.2) is 16.0 Å². The summed E-state index contributed by atoms with van der Waals surface area (Å²) in [5, 5.41) is 6.24. The number of carbonyl (C=O) groups excluding carboxylic acids is 1. The number of para-hydroxylation sites is 1. The van der Waals surface area contributed by atoms with Gasteiger partial charge in [0.25, 0.3) is 0 Å². The number of rotatable bonds is 5. The van der Waals surface area contributed by atoms with Gasteiger partial charge in [0.1, 0.15) is 11.0 Å². The van der Waals surface area contributed by atoms with E-state index < -0.39 is 5.25 Å². The molecule has 2 heterocycles. The maximum Gasteiger partial charge on any atom is 0.243 e. The fourth-order valence-corrected chi connectivity index (χ4v) is 4.78. The second kappa shape index (κ2) is 7.31. The van der Waals surface area contributed by atoms with Crippen LogP contribution in [0.4, 0.5) is 5.82 Å². The highest BCUT2D eigenvalue weighted by Crippen LogP contribution is 2.39. The van der Waals surface area contributed by atoms with E-state index in [1.807, 2.05) is 54.6 Å². The lowest BCUT2D eigenvalue weighted by atomic mass is 10.1. The molecule has 130 valence electrons. The Kier molecular flexibility index (Phi) is 4.73. The van der Waals surface area contributed by atoms with Gasteiger partial charge in [0.2, 0.25) is 5.91 Å². The predicted molar refractivity (Wildman–Crippen MR) is 105 cm³/mol. The first-order chi connectivity index (χ1) is 12.7. The number of thioether (sulfide) groups is 1. The zero-order valence-electron chi connectivity index (χ0n) is 13.9. The second-order valence-corrected chi connectivity index (χ2v) is 8.05. The molecule has 7 heteroatoms. The molecular weight excluding hydrogens is 366 g/mol. The predicted octanol–water partition coefficient (Wildman–Crippen LogP) is 5.06. The van der Waals surface area contributed by atoms with Crippen molar-refractivity contribution in [1.29, 1.82) is 0 Å². The quantitative estimate of drug-likeness (QED) is 0.489. The maximum absolute atomic E-state index is 12.9. The van der Waals surface area contributed by atoms with Gasteiger partial charge in [0.05, 0.1) is 10.2 Å². The number of aromatic nitrogens is 2. The first-order valence-electron chi connectivity index (χ1n) is 8.00. The Labute approximate surface area is 158 Å². The summed E-state index contributed by atoms with van der Waals surface area (Å²) in [6.45, 7) is 1.78. The van der Waals surface area contributed by atoms with Gasteiger partial charge in [-0.2, -0.15) is 0 Å². The van der Waals surface area contributed by atoms with Crippen molar-refractivity contribution in [3.05, 3.63) is 72.0 Å². The highest BCUT2D eigenvalue weighted by Gasteiger charge is 2.24. The Morgan fingerprint density at radius 3 is 2.65 bits per heavy atom. The fraction of sp³-hybridized carbons (Fsp3) is 0.105. The maximum atomic E-state index is 12.9. The molecule has 0 aliphatic rings. The molecule has 1 atom stereocenters. The molecule has 0 bridgehead atoms. The normalized spacial score (nSPS) is 12.2. The number of nitrogens with one attached hydrogen (secondary N) is 1. The van der Waals surface area contributed by atoms with Crippen molar-refractivity contribution < 1.29 is 9.32 Å². The Hall–Kier alpha value is -2.64. The van der Waals surface area contributed by atoms with Crippen LogP contribution in [0.15, 0.2) is 69.5 Å². The van der Waals surface area contributed by atoms with Crippen LogP contribution in [-0.2, 0) is 4.79 Å². The Morgan fingerprint density at radius 2 is 1.92 bits per heavy atom. The first-order valence-corrected chi connectivity index (χ1v) is 9.70. The zero-order chi connectivity index (χ0) is 17.9. The van der Waals surface area contributed by atoms with Crippen LogP contribution < -0.4 is 5.32 Å². The lowest BCUT2D eigenvalue weighted by molar-refractivity contribution is -0.115. The SMILES string of the molecule is Cc1cc(NC(=O)C(Sc2nc3ccccc3s2)c2ccccc2)no1. The number of hydrogen-bond acceptors (Lipinski definition) is 6. The number of benzene rings is 2. The number of aryl methyl sites for hydroxylation is 1. The Balaban J connectivity index is 1.63. The van der Waals surface area contributed by atoms with Gasteiger partial charge in [0, 0.05) is 6.07 Å². The minimum absolute atomic E-state index is 0.159. The number of nitrogens with zero attached hydrogens (tertiary/aromatic N) is 2. The van der Waals surface area contributed by atoms with Crippen molar-refractivity contribution in [3.63, 3.8) is 0 Å². The molecule has 0 fully saturated rings. The molecule has 1 amide bonds. The van der Waals surface area contributed by atoms with Crippen LogP contribution in [0.3, 0.4) is 0 Å². The van der Waals surface area contributed by atoms with Gasteiger partial charge in [-0.05, 0) is 24.6 Å². The topological polar surface area (TPSA) is 68.0 Å². The molecule has 0 saturated carbocycles. The number of hydrogen-bond donors (Lipinski definition) is 1. The highest BCUT2D eigenvalue weighted by molar-refractivity contribution is 8.02. The largest absolute Gasteiger partial charge is 0.360 e. The minimum atomic E-state index is -0.436. The summed E-state index contributed by atoms with van der Waals surface area (Å²) in [4.78, 5) is 17.5. The third-order valence-electron chi connectivity index (χ3n) is 3.71. The van der Waals surface area contributed by atoms with Crippen LogP contribution in [0.2, 0.25) is 0 Å². The molecule has 4 aromatic rings. The number of carbonyl (C=O) groups is 1. The first kappa shape index (κ1) is 16.8. The molecule has 2 aromatic carbocycles. The van der Waals surface area contributed by atoms with Gasteiger partial charge < -0.3 is 9.84 Å². The molecule has 0 saturated heterocycles. The van der Waals surface area contributed by atoms with Crippen molar-refractivity contribution >= 4 is 45.0 Å². The second-order valence-electron chi connectivity index (χ2n) is 5.67. The molecule has 0 spiro atoms. The molecule has 1 unspecified atom stereocenters. The third-order valence-corrected chi connectivity index (χ3v) is 6.10. The van der Waals surface area contributed by atoms with Crippen molar-refractivity contribution in [1.82, 2.24) is 10.1 Å². The summed E-state index contributed by atoms with van der Waals surface area (Å²) in [5.74, 6) is 0.905. The van der Waals surface area contributed by atoms with Gasteiger partial charge in [-0.25, -0.2) is 4.98 Å². The standard InChI is InChI=1S/C19H15N3O2S2/c1-12-11-16(22-24-12)21-18(23)17(13-7-3-2-4-8-13)26-19-20-14-9-5-6-10-15(14)25-19/h2-11,17H,1H3,(H,21,22,23). The van der Waals surface area contributed by atoms with E-state index in [0.717, 1.165) is 20.1 Å². The van der Waals surface area contributed by atoms with Crippen molar-refractivity contribution in [2.24, 2.45) is 0 Å². The molecule has 0 radical (unpaired) electrons. The average Bonchev–Trinajstić information content (AvgIpc) is 3.25. The monoisotopic (exact) mass is 381 g/mol. The van der Waals surface area contributed by atoms with Crippen molar-refractivity contribution in [2.45, 2.75) is 16.5 Å². The number of amides is 1. The van der Waals surface area contributed by atoms with Crippen LogP contribution in [0.5, 0.6) is 0 Å². The van der Waals surface area contributed by atoms with E-state index in [1.165, 1.54) is 11.8 Å². The van der Waals surface area contributed by atoms with Gasteiger partial charge in [-0.1, -0.05) is 59.4 Å². The molecule has 26 heavy (non-hydrogen) atoms. The fourth-order valence-electron chi connectivity index (χ4n) is 2.52. The summed E-state index contributed by atoms with van der Waals surface area (Å²) < 4.78 is 6.99. The van der Waals surface area contributed by atoms with Crippen LogP contribution in [0.25, 0.3) is 10.2 Å². The molecule has 1 N–H and O–H groups in total. The molecule has 5 nitrogen and oxygen atoms in total. The summed E-state index contributed by atoms with van der Waals surface area (Å²) in [6, 6.07) is 19.3. The van der Waals surface area contributed by atoms with Gasteiger partial charge in [-0.3, -0.25) is 4.79 Å². The van der Waals surface area contributed by atoms with E-state index in [2.05, 4.69) is 15.5 Å². The lowest BCUT2D eigenvalue weighted by Gasteiger charge is -2.14. The van der Waals surface area contributed by atoms with E-state index in [0.29, 0.717) is 11.6 Å². The molecular formula is C19H15N3O2S2. The van der Waals surface area contributed by atoms with E-state index in [9.17, 15) is 4.79 Å². The Morgan fingerprint density at radius 1 is 1.15 bits per heavy atom. The van der Waals surface area contributed by atoms with Crippen LogP contribution >= 0.6 is 23.1 Å². The summed E-state index contributed by atoms with van der Waals surface area (Å²) in [5.41, 5.74) is 1.86. The number of thiazole rings is 1. The van der Waals surface area contributed by atoms with E-state index >= 15 is 0 Å². The minimum Gasteiger partial charge on any atom is -0.360 e. The lowest BCUT2D eigenvalue weighted by Crippen LogP contribution is -2.19. The molecule has 0 aliphatic carbocycles. The summed E-state index contributed by atoms with van der Waals surface area (Å²) in [7, 11) is 0. The van der Waals surface area contributed by atoms with E-state index in [-0.39, 0.29) is 5.91 Å². The molecule has 2 aromatic heterocycles. The highest BCUT2D eigenvalue weighted by atomic mass is 32.2. The summed E-state index contributed by atoms with van der Waals surface area (Å²) >= 11 is 3.02. The van der Waals surface area contributed by atoms with Gasteiger partial charge in [-0.15, -0.1) is 11.3 Å². The van der Waals surface area contributed by atoms with Crippen molar-refractivity contribution in [2.75, 3.05) is 5.32 Å². The average molecular weight is 381 g/mol. The molecule has 4 rings (SSSR count). The third kappa shape index (κ3) is 3.63. The summed E-state index contributed by atoms with van der Waals surface area (Å²) in [6.07, 6.45) is 0. The van der Waals surface area contributed by atoms with E-state index in [4.69, 9.17) is 4.52 Å². The van der Waals surface area contributed by atoms with Gasteiger partial charge >= 0.3 is 0 Å². The van der Waals surface area contributed by atoms with Crippen molar-refractivity contribution in [3.8, 4) is 0 Å². The number of anilines is 1. The van der Waals surface area contributed by atoms with E-state index in [1.54, 1.807) is 24.3 Å². The molecule has 0 aliphatic heterocycles. The number of fused-ring (bicyclic) bond motifs is 1. The van der Waals surface area contributed by atoms with Crippen LogP contribution in [0.1, 0.15) is 16.6 Å².